The van der Waals surface area contributed by atoms with Crippen LogP contribution in [0.4, 0.5) is 13.2 Å². The third kappa shape index (κ3) is 10.4. The predicted octanol–water partition coefficient (Wildman–Crippen LogP) is 9.62. The zero-order chi connectivity index (χ0) is 46.6. The topological polar surface area (TPSA) is 141 Å². The van der Waals surface area contributed by atoms with Gasteiger partial charge in [-0.25, -0.2) is 29.1 Å². The van der Waals surface area contributed by atoms with E-state index in [0.29, 0.717) is 79.0 Å². The first-order chi connectivity index (χ1) is 32.5. The van der Waals surface area contributed by atoms with Gasteiger partial charge in [0.2, 0.25) is 12.0 Å². The summed E-state index contributed by atoms with van der Waals surface area (Å²) in [5.74, 6) is -0.319. The molecule has 13 nitrogen and oxygen atoms in total. The summed E-state index contributed by atoms with van der Waals surface area (Å²) in [6.07, 6.45) is 1.27. The van der Waals surface area contributed by atoms with Gasteiger partial charge >= 0.3 is 12.6 Å². The van der Waals surface area contributed by atoms with Crippen LogP contribution in [0.2, 0.25) is 5.02 Å². The maximum Gasteiger partial charge on any atom is 0.387 e. The van der Waals surface area contributed by atoms with E-state index in [1.54, 1.807) is 54.6 Å². The molecule has 1 fully saturated rings. The molecule has 4 bridgehead atoms. The van der Waals surface area contributed by atoms with Crippen LogP contribution in [0.1, 0.15) is 23.2 Å². The minimum Gasteiger partial charge on any atom is -0.493 e. The standard InChI is InChI=1S/C49H44ClF3N6O7S/c1-28-35-12-14-39(43(28)50)64-34(25-59-20-18-58(2)19-21-59)16-22-62-33-11-13-37(63-26-32-15-17-54-45(57-32)36-5-3-4-6-38(36)66-49(52)53)30(23-33)24-40(48(60)61)65-46-42-41(35)44(67-47(42)56-27-55-46)29-7-9-31(51)10-8-29/h3-15,17,23,27,34,40,49H,16,18-22,24-26H2,1-2H3,(H,60,61)/t34-,40+/m0/s1. The Hall–Kier alpha value is -6.53. The van der Waals surface area contributed by atoms with Crippen LogP contribution < -0.4 is 23.7 Å². The number of fused-ring (bicyclic) bond motifs is 8. The van der Waals surface area contributed by atoms with Gasteiger partial charge in [0.05, 0.1) is 28.3 Å². The van der Waals surface area contributed by atoms with E-state index in [2.05, 4.69) is 36.8 Å². The van der Waals surface area contributed by atoms with Crippen LogP contribution in [-0.4, -0.2) is 106 Å². The Labute approximate surface area is 392 Å². The zero-order valence-corrected chi connectivity index (χ0v) is 37.9. The molecule has 3 aliphatic heterocycles. The average molecular weight is 953 g/mol. The molecule has 3 aromatic heterocycles. The summed E-state index contributed by atoms with van der Waals surface area (Å²) in [7, 11) is 2.11. The number of halogens is 4. The molecule has 3 aliphatic rings. The summed E-state index contributed by atoms with van der Waals surface area (Å²) < 4.78 is 71.3. The van der Waals surface area contributed by atoms with Crippen molar-refractivity contribution in [2.75, 3.05) is 46.4 Å². The molecule has 0 saturated carbocycles. The molecule has 0 amide bonds. The van der Waals surface area contributed by atoms with Crippen LogP contribution in [0.5, 0.6) is 28.9 Å². The molecule has 1 saturated heterocycles. The van der Waals surface area contributed by atoms with Crippen LogP contribution in [0.15, 0.2) is 97.5 Å². The van der Waals surface area contributed by atoms with Gasteiger partial charge in [0.1, 0.15) is 52.7 Å². The summed E-state index contributed by atoms with van der Waals surface area (Å²) in [4.78, 5) is 37.1. The number of carboxylic acids is 1. The predicted molar refractivity (Wildman–Crippen MR) is 247 cm³/mol. The molecule has 0 aliphatic carbocycles. The number of likely N-dealkylation sites (N-methyl/N-ethyl adjacent to an activating group) is 1. The number of ether oxygens (including phenoxy) is 5. The van der Waals surface area contributed by atoms with E-state index in [1.165, 1.54) is 42.1 Å². The van der Waals surface area contributed by atoms with Crippen molar-refractivity contribution >= 4 is 39.1 Å². The second kappa shape index (κ2) is 20.1. The number of benzene rings is 4. The third-order valence-electron chi connectivity index (χ3n) is 11.6. The number of nitrogens with zero attached hydrogens (tertiary/aromatic N) is 6. The lowest BCUT2D eigenvalue weighted by atomic mass is 9.95. The molecule has 1 N–H and O–H groups in total. The van der Waals surface area contributed by atoms with E-state index in [0.717, 1.165) is 31.1 Å². The molecule has 4 aromatic carbocycles. The van der Waals surface area contributed by atoms with Crippen LogP contribution in [0, 0.1) is 12.7 Å². The monoisotopic (exact) mass is 952 g/mol. The lowest BCUT2D eigenvalue weighted by Crippen LogP contribution is -2.48. The van der Waals surface area contributed by atoms with Gasteiger partial charge in [0, 0.05) is 67.8 Å². The third-order valence-corrected chi connectivity index (χ3v) is 13.3. The smallest absolute Gasteiger partial charge is 0.387 e. The summed E-state index contributed by atoms with van der Waals surface area (Å²) in [6.45, 7) is 3.23. The molecular formula is C49H44ClF3N6O7S. The number of piperazine rings is 1. The molecule has 10 rings (SSSR count). The Balaban J connectivity index is 1.11. The maximum atomic E-state index is 14.3. The highest BCUT2D eigenvalue weighted by atomic mass is 35.5. The van der Waals surface area contributed by atoms with Crippen molar-refractivity contribution in [3.63, 3.8) is 0 Å². The van der Waals surface area contributed by atoms with E-state index in [4.69, 9.17) is 35.3 Å². The maximum absolute atomic E-state index is 14.3. The number of alkyl halides is 2. The first-order valence-electron chi connectivity index (χ1n) is 21.5. The Morgan fingerprint density at radius 3 is 2.55 bits per heavy atom. The Kier molecular flexibility index (Phi) is 13.7. The van der Waals surface area contributed by atoms with Crippen LogP contribution >= 0.6 is 22.9 Å². The van der Waals surface area contributed by atoms with Gasteiger partial charge in [-0.1, -0.05) is 41.9 Å². The zero-order valence-electron chi connectivity index (χ0n) is 36.3. The molecular weight excluding hydrogens is 909 g/mol. The second-order valence-electron chi connectivity index (χ2n) is 16.2. The minimum absolute atomic E-state index is 0.0145. The second-order valence-corrected chi connectivity index (χ2v) is 17.5. The fraction of sp³-hybridized carbons (Fsp3) is 0.286. The number of aliphatic carboxylic acids is 1. The molecule has 18 heteroatoms. The molecule has 7 aromatic rings. The molecule has 0 radical (unpaired) electrons. The van der Waals surface area contributed by atoms with Gasteiger partial charge in [0.15, 0.2) is 5.82 Å². The van der Waals surface area contributed by atoms with Crippen molar-refractivity contribution in [2.24, 2.45) is 0 Å². The van der Waals surface area contributed by atoms with E-state index in [1.807, 2.05) is 19.1 Å². The number of carboxylic acid groups (broad SMARTS) is 1. The van der Waals surface area contributed by atoms with Gasteiger partial charge in [-0.15, -0.1) is 11.3 Å². The van der Waals surface area contributed by atoms with E-state index < -0.39 is 24.5 Å². The quantitative estimate of drug-likeness (QED) is 0.139. The van der Waals surface area contributed by atoms with Crippen LogP contribution in [0.3, 0.4) is 0 Å². The normalized spacial score (nSPS) is 17.0. The van der Waals surface area contributed by atoms with Crippen molar-refractivity contribution in [1.82, 2.24) is 29.7 Å². The van der Waals surface area contributed by atoms with Crippen molar-refractivity contribution in [1.29, 1.82) is 0 Å². The summed E-state index contributed by atoms with van der Waals surface area (Å²) in [6, 6.07) is 22.8. The largest absolute Gasteiger partial charge is 0.493 e. The molecule has 0 spiro atoms. The first kappa shape index (κ1) is 45.6. The van der Waals surface area contributed by atoms with E-state index in [9.17, 15) is 23.1 Å². The molecule has 346 valence electrons. The van der Waals surface area contributed by atoms with Gasteiger partial charge in [-0.2, -0.15) is 8.78 Å². The summed E-state index contributed by atoms with van der Waals surface area (Å²) >= 11 is 8.55. The summed E-state index contributed by atoms with van der Waals surface area (Å²) in [5.41, 5.74) is 3.86. The highest BCUT2D eigenvalue weighted by Crippen LogP contribution is 2.50. The van der Waals surface area contributed by atoms with Crippen LogP contribution in [0.25, 0.3) is 43.2 Å². The Morgan fingerprint density at radius 1 is 0.955 bits per heavy atom. The molecule has 67 heavy (non-hydrogen) atoms. The van der Waals surface area contributed by atoms with E-state index in [-0.39, 0.29) is 48.8 Å². The summed E-state index contributed by atoms with van der Waals surface area (Å²) in [5, 5.41) is 11.7. The SMILES string of the molecule is Cc1c2ccc(c1Cl)O[C@H](CN1CCN(C)CC1)CCOc1ccc(OCc3ccnc(-c4ccccc4OC(F)F)n3)c(c1)C[C@H](C(=O)O)Oc1ncnc3sc(-c4ccc(F)cc4)c-2c13. The number of para-hydroxylation sites is 1. The highest BCUT2D eigenvalue weighted by Gasteiger charge is 2.30. The van der Waals surface area contributed by atoms with Crippen molar-refractivity contribution < 1.29 is 46.8 Å². The number of aromatic nitrogens is 4. The van der Waals surface area contributed by atoms with E-state index >= 15 is 0 Å². The van der Waals surface area contributed by atoms with Crippen molar-refractivity contribution in [3.8, 4) is 61.8 Å². The Morgan fingerprint density at radius 2 is 1.76 bits per heavy atom. The number of hydrogen-bond acceptors (Lipinski definition) is 13. The minimum atomic E-state index is -3.04. The van der Waals surface area contributed by atoms with Gasteiger partial charge in [-0.05, 0) is 85.3 Å². The number of hydrogen-bond donors (Lipinski definition) is 1. The number of thiophene rings is 1. The van der Waals surface area contributed by atoms with Gasteiger partial charge in [-0.3, -0.25) is 4.90 Å². The highest BCUT2D eigenvalue weighted by molar-refractivity contribution is 7.22. The fourth-order valence-electron chi connectivity index (χ4n) is 8.14. The lowest BCUT2D eigenvalue weighted by molar-refractivity contribution is -0.145. The van der Waals surface area contributed by atoms with Crippen molar-refractivity contribution in [3.05, 3.63) is 125 Å². The van der Waals surface area contributed by atoms with Gasteiger partial charge < -0.3 is 33.7 Å². The van der Waals surface area contributed by atoms with Crippen molar-refractivity contribution in [2.45, 2.75) is 45.2 Å². The van der Waals surface area contributed by atoms with Gasteiger partial charge in [0.25, 0.3) is 0 Å². The van der Waals surface area contributed by atoms with Crippen LogP contribution in [-0.2, 0) is 17.8 Å². The fourth-order valence-corrected chi connectivity index (χ4v) is 9.50. The first-order valence-corrected chi connectivity index (χ1v) is 22.7. The number of rotatable bonds is 10. The lowest BCUT2D eigenvalue weighted by Gasteiger charge is -2.34. The Bertz CT molecular complexity index is 2900. The number of carbonyl (C=O) groups is 1. The average Bonchev–Trinajstić information content (AvgIpc) is 3.71. The molecule has 2 atom stereocenters. The molecule has 6 heterocycles. The molecule has 0 unspecified atom stereocenters.